The zero-order valence-corrected chi connectivity index (χ0v) is 30.0. The van der Waals surface area contributed by atoms with Gasteiger partial charge in [0.2, 0.25) is 11.7 Å². The summed E-state index contributed by atoms with van der Waals surface area (Å²) in [6, 6.07) is 18.9. The highest BCUT2D eigenvalue weighted by atomic mass is 16.3. The van der Waals surface area contributed by atoms with Crippen LogP contribution >= 0.6 is 0 Å². The fourth-order valence-corrected chi connectivity index (χ4v) is 8.58. The van der Waals surface area contributed by atoms with Gasteiger partial charge < -0.3 is 36.4 Å². The van der Waals surface area contributed by atoms with Crippen LogP contribution in [0.2, 0.25) is 0 Å². The predicted octanol–water partition coefficient (Wildman–Crippen LogP) is 2.77. The molecule has 1 aliphatic heterocycles. The highest BCUT2D eigenvalue weighted by Crippen LogP contribution is 2.54. The molecule has 3 aromatic carbocycles. The number of likely N-dealkylation sites (N-methyl/N-ethyl adjacent to an activating group) is 1. The number of ketones is 2. The van der Waals surface area contributed by atoms with Crippen molar-refractivity contribution in [3.63, 3.8) is 0 Å². The summed E-state index contributed by atoms with van der Waals surface area (Å²) in [5.41, 5.74) is 5.96. The minimum absolute atomic E-state index is 0.0206. The predicted molar refractivity (Wildman–Crippen MR) is 198 cm³/mol. The molecule has 2 fully saturated rings. The van der Waals surface area contributed by atoms with Crippen molar-refractivity contribution in [2.45, 2.75) is 31.0 Å². The van der Waals surface area contributed by atoms with E-state index in [-0.39, 0.29) is 41.5 Å². The molecule has 1 saturated carbocycles. The second kappa shape index (κ2) is 13.2. The number of amides is 2. The number of aliphatic hydroxyl groups excluding tert-OH is 2. The Kier molecular flexibility index (Phi) is 8.92. The van der Waals surface area contributed by atoms with Crippen molar-refractivity contribution in [1.82, 2.24) is 9.80 Å². The average Bonchev–Trinajstić information content (AvgIpc) is 3.09. The van der Waals surface area contributed by atoms with E-state index in [9.17, 15) is 39.6 Å². The number of nitrogens with zero attached hydrogens (tertiary/aromatic N) is 3. The largest absolute Gasteiger partial charge is 0.508 e. The van der Waals surface area contributed by atoms with E-state index in [0.29, 0.717) is 30.9 Å². The summed E-state index contributed by atoms with van der Waals surface area (Å²) in [7, 11) is 6.64. The summed E-state index contributed by atoms with van der Waals surface area (Å²) in [5, 5.41) is 49.2. The summed E-state index contributed by atoms with van der Waals surface area (Å²) in [4.78, 5) is 58.7. The Morgan fingerprint density at radius 1 is 0.962 bits per heavy atom. The second-order valence-corrected chi connectivity index (χ2v) is 14.9. The third-order valence-electron chi connectivity index (χ3n) is 11.2. The van der Waals surface area contributed by atoms with Crippen LogP contribution in [0.25, 0.3) is 16.9 Å². The number of carbonyl (C=O) groups excluding carboxylic acids is 4. The molecule has 53 heavy (non-hydrogen) atoms. The molecule has 3 aromatic rings. The van der Waals surface area contributed by atoms with Gasteiger partial charge in [0, 0.05) is 50.9 Å². The highest BCUT2D eigenvalue weighted by molar-refractivity contribution is 6.24. The zero-order chi connectivity index (χ0) is 38.1. The standard InChI is InChI=1S/C40H43N5O8/c1-43(2)28-16-27(42-39(52)24-18-45(19-24)17-20-10-12-22(13-11-20)21-8-6-5-7-9-21)33(46)30-25(28)14-23-15-26-32(44(3)4)35(48)31(38(41)51)37(50)40(26,53)36(49)29(23)34(30)47/h5-13,16,23-24,26,32,46-47,50,53H,14-15,17-19H2,1-4H3,(H2,41,51)(H,42,52)/t23-,26-,32-,40-/m0/s1. The van der Waals surface area contributed by atoms with Crippen molar-refractivity contribution in [2.24, 2.45) is 23.5 Å². The number of rotatable bonds is 8. The molecule has 1 saturated heterocycles. The van der Waals surface area contributed by atoms with Gasteiger partial charge in [-0.15, -0.1) is 0 Å². The van der Waals surface area contributed by atoms with Crippen LogP contribution in [0.15, 0.2) is 77.6 Å². The zero-order valence-electron chi connectivity index (χ0n) is 30.0. The van der Waals surface area contributed by atoms with Crippen molar-refractivity contribution >= 4 is 40.5 Å². The summed E-state index contributed by atoms with van der Waals surface area (Å²) in [6.45, 7) is 1.68. The number of primary amides is 1. The van der Waals surface area contributed by atoms with Gasteiger partial charge in [-0.1, -0.05) is 54.6 Å². The maximum absolute atomic E-state index is 14.3. The SMILES string of the molecule is CN(C)c1cc(NC(=O)C2CN(Cc3ccc(-c4ccccc4)cc3)C2)c(O)c2c1C[C@H]1C[C@H]3[C@H](N(C)C)C(=O)C(C(N)=O)=C(O)[C@@]3(O)C(=O)C1=C2O. The summed E-state index contributed by atoms with van der Waals surface area (Å²) < 4.78 is 0. The van der Waals surface area contributed by atoms with Crippen molar-refractivity contribution < 1.29 is 39.6 Å². The van der Waals surface area contributed by atoms with Crippen molar-refractivity contribution in [2.75, 3.05) is 51.5 Å². The number of hydrogen-bond donors (Lipinski definition) is 6. The highest BCUT2D eigenvalue weighted by Gasteiger charge is 2.64. The number of Topliss-reactive ketones (excluding diaryl/α,β-unsaturated/α-hetero) is 2. The van der Waals surface area contributed by atoms with Crippen LogP contribution in [-0.2, 0) is 32.1 Å². The number of nitrogens with one attached hydrogen (secondary N) is 1. The molecule has 0 aromatic heterocycles. The fourth-order valence-electron chi connectivity index (χ4n) is 8.58. The maximum atomic E-state index is 14.3. The van der Waals surface area contributed by atoms with Gasteiger partial charge in [-0.05, 0) is 61.2 Å². The Labute approximate surface area is 306 Å². The third kappa shape index (κ3) is 5.75. The first-order chi connectivity index (χ1) is 25.1. The number of carbonyl (C=O) groups is 4. The number of fused-ring (bicyclic) bond motifs is 3. The van der Waals surface area contributed by atoms with E-state index in [4.69, 9.17) is 5.73 Å². The topological polar surface area (TPSA) is 197 Å². The molecule has 13 nitrogen and oxygen atoms in total. The molecule has 0 radical (unpaired) electrons. The van der Waals surface area contributed by atoms with Crippen LogP contribution in [0.4, 0.5) is 11.4 Å². The number of aromatic hydroxyl groups is 1. The molecular formula is C40H43N5O8. The molecule has 276 valence electrons. The number of hydrogen-bond acceptors (Lipinski definition) is 11. The van der Waals surface area contributed by atoms with E-state index in [1.807, 2.05) is 18.2 Å². The van der Waals surface area contributed by atoms with E-state index >= 15 is 0 Å². The Bertz CT molecular complexity index is 2100. The van der Waals surface area contributed by atoms with E-state index in [0.717, 1.165) is 16.7 Å². The number of phenolic OH excluding ortho intramolecular Hbond substituents is 1. The minimum Gasteiger partial charge on any atom is -0.508 e. The lowest BCUT2D eigenvalue weighted by Gasteiger charge is -2.50. The van der Waals surface area contributed by atoms with E-state index in [1.54, 1.807) is 39.2 Å². The first-order valence-electron chi connectivity index (χ1n) is 17.5. The molecule has 4 aliphatic rings. The number of likely N-dealkylation sites (tertiary alicyclic amines) is 1. The number of aliphatic hydroxyl groups is 3. The van der Waals surface area contributed by atoms with Gasteiger partial charge in [0.25, 0.3) is 5.91 Å². The van der Waals surface area contributed by atoms with Gasteiger partial charge in [0.05, 0.1) is 23.2 Å². The van der Waals surface area contributed by atoms with E-state index in [1.165, 1.54) is 4.90 Å². The smallest absolute Gasteiger partial charge is 0.255 e. The molecule has 13 heteroatoms. The van der Waals surface area contributed by atoms with Crippen molar-refractivity contribution in [3.05, 3.63) is 94.3 Å². The van der Waals surface area contributed by atoms with Crippen LogP contribution < -0.4 is 16.0 Å². The van der Waals surface area contributed by atoms with Gasteiger partial charge >= 0.3 is 0 Å². The van der Waals surface area contributed by atoms with Gasteiger partial charge in [0.1, 0.15) is 22.8 Å². The third-order valence-corrected chi connectivity index (χ3v) is 11.2. The van der Waals surface area contributed by atoms with Crippen LogP contribution in [-0.4, -0.2) is 107 Å². The molecule has 2 amide bonds. The lowest BCUT2D eigenvalue weighted by molar-refractivity contribution is -0.153. The molecule has 0 spiro atoms. The van der Waals surface area contributed by atoms with Crippen LogP contribution in [0.3, 0.4) is 0 Å². The molecular weight excluding hydrogens is 678 g/mol. The molecule has 0 unspecified atom stereocenters. The molecule has 7 N–H and O–H groups in total. The average molecular weight is 722 g/mol. The van der Waals surface area contributed by atoms with Gasteiger partial charge in [-0.3, -0.25) is 29.0 Å². The van der Waals surface area contributed by atoms with Gasteiger partial charge in [-0.25, -0.2) is 0 Å². The molecule has 3 aliphatic carbocycles. The molecule has 7 rings (SSSR count). The fraction of sp³-hybridized carbons (Fsp3) is 0.350. The Hall–Kier alpha value is -5.50. The first kappa shape index (κ1) is 35.9. The summed E-state index contributed by atoms with van der Waals surface area (Å²) in [5.74, 6) is -7.99. The maximum Gasteiger partial charge on any atom is 0.255 e. The Morgan fingerprint density at radius 3 is 2.21 bits per heavy atom. The number of nitrogens with two attached hydrogens (primary N) is 1. The number of benzene rings is 3. The van der Waals surface area contributed by atoms with E-state index in [2.05, 4.69) is 46.6 Å². The second-order valence-electron chi connectivity index (χ2n) is 14.9. The Morgan fingerprint density at radius 2 is 1.60 bits per heavy atom. The first-order valence-corrected chi connectivity index (χ1v) is 17.5. The van der Waals surface area contributed by atoms with E-state index < -0.39 is 63.8 Å². The summed E-state index contributed by atoms with van der Waals surface area (Å²) >= 11 is 0. The van der Waals surface area contributed by atoms with Crippen LogP contribution in [0.5, 0.6) is 5.75 Å². The number of phenols is 1. The quantitative estimate of drug-likeness (QED) is 0.148. The lowest BCUT2D eigenvalue weighted by atomic mass is 9.57. The lowest BCUT2D eigenvalue weighted by Crippen LogP contribution is -2.65. The van der Waals surface area contributed by atoms with Gasteiger partial charge in [0.15, 0.2) is 11.4 Å². The van der Waals surface area contributed by atoms with Crippen molar-refractivity contribution in [3.8, 4) is 16.9 Å². The molecule has 4 atom stereocenters. The minimum atomic E-state index is -2.74. The number of anilines is 2. The van der Waals surface area contributed by atoms with Crippen LogP contribution in [0, 0.1) is 17.8 Å². The van der Waals surface area contributed by atoms with Gasteiger partial charge in [-0.2, -0.15) is 0 Å². The summed E-state index contributed by atoms with van der Waals surface area (Å²) in [6.07, 6.45) is 0.112. The van der Waals surface area contributed by atoms with Crippen LogP contribution in [0.1, 0.15) is 23.1 Å². The molecule has 0 bridgehead atoms. The van der Waals surface area contributed by atoms with Crippen molar-refractivity contribution in [1.29, 1.82) is 0 Å². The molecule has 1 heterocycles. The Balaban J connectivity index is 1.14. The monoisotopic (exact) mass is 721 g/mol. The normalized spacial score (nSPS) is 24.4.